The molecule has 0 aromatic heterocycles. The van der Waals surface area contributed by atoms with E-state index in [2.05, 4.69) is 41.5 Å². The summed E-state index contributed by atoms with van der Waals surface area (Å²) in [6.45, 7) is 13.8. The minimum absolute atomic E-state index is 0.0635. The summed E-state index contributed by atoms with van der Waals surface area (Å²) in [5.41, 5.74) is 0. The van der Waals surface area contributed by atoms with Crippen LogP contribution in [0.4, 0.5) is 0 Å². The highest BCUT2D eigenvalue weighted by Gasteiger charge is 2.19. The maximum atomic E-state index is 12.8. The third-order valence-electron chi connectivity index (χ3n) is 14.3. The quantitative estimate of drug-likeness (QED) is 0.0343. The Kier molecular flexibility index (Phi) is 51.0. The third-order valence-corrected chi connectivity index (χ3v) is 14.3. The Morgan fingerprint density at radius 1 is 0.299 bits per heavy atom. The van der Waals surface area contributed by atoms with Crippen molar-refractivity contribution in [3.63, 3.8) is 0 Å². The first kappa shape index (κ1) is 65.4. The smallest absolute Gasteiger partial charge is 0.306 e. The van der Waals surface area contributed by atoms with Gasteiger partial charge in [-0.25, -0.2) is 0 Å². The standard InChI is InChI=1S/C61H118O6/c1-7-57(6)49-43-37-31-25-18-14-12-10-8-9-11-13-15-19-26-32-38-44-50-59(62)65-53-58(67-61(64)52-46-40-34-28-22-21-24-30-36-42-48-56(4)5)54-66-60(63)51-45-39-33-27-20-16-17-23-29-35-41-47-55(2)3/h55-58H,7-54H2,1-6H3/t57?,58-/m1/s1. The summed E-state index contributed by atoms with van der Waals surface area (Å²) < 4.78 is 16.9. The van der Waals surface area contributed by atoms with Crippen LogP contribution in [0.25, 0.3) is 0 Å². The average molecular weight is 948 g/mol. The minimum atomic E-state index is -0.764. The van der Waals surface area contributed by atoms with Crippen LogP contribution in [0.3, 0.4) is 0 Å². The lowest BCUT2D eigenvalue weighted by molar-refractivity contribution is -0.167. The van der Waals surface area contributed by atoms with Crippen LogP contribution in [0, 0.1) is 17.8 Å². The molecule has 6 heteroatoms. The van der Waals surface area contributed by atoms with E-state index in [1.54, 1.807) is 0 Å². The number of carbonyl (C=O) groups excluding carboxylic acids is 3. The van der Waals surface area contributed by atoms with E-state index in [-0.39, 0.29) is 31.1 Å². The predicted molar refractivity (Wildman–Crippen MR) is 289 cm³/mol. The number of rotatable bonds is 54. The van der Waals surface area contributed by atoms with E-state index in [4.69, 9.17) is 14.2 Å². The van der Waals surface area contributed by atoms with Crippen LogP contribution in [0.2, 0.25) is 0 Å². The Morgan fingerprint density at radius 3 is 0.776 bits per heavy atom. The zero-order valence-corrected chi connectivity index (χ0v) is 46.2. The molecule has 398 valence electrons. The molecule has 0 amide bonds. The van der Waals surface area contributed by atoms with Crippen molar-refractivity contribution in [2.75, 3.05) is 13.2 Å². The largest absolute Gasteiger partial charge is 0.462 e. The van der Waals surface area contributed by atoms with E-state index in [1.165, 1.54) is 218 Å². The molecule has 0 aliphatic carbocycles. The van der Waals surface area contributed by atoms with Crippen LogP contribution in [-0.4, -0.2) is 37.2 Å². The molecule has 2 atom stereocenters. The molecule has 0 aromatic carbocycles. The normalized spacial score (nSPS) is 12.5. The van der Waals surface area contributed by atoms with Gasteiger partial charge in [0.2, 0.25) is 0 Å². The van der Waals surface area contributed by atoms with Crippen molar-refractivity contribution in [3.8, 4) is 0 Å². The summed E-state index contributed by atoms with van der Waals surface area (Å²) in [5.74, 6) is 1.71. The number of hydrogen-bond donors (Lipinski definition) is 0. The second kappa shape index (κ2) is 52.2. The summed E-state index contributed by atoms with van der Waals surface area (Å²) in [4.78, 5) is 38.2. The van der Waals surface area contributed by atoms with Gasteiger partial charge in [-0.05, 0) is 37.0 Å². The Labute approximate surface area is 418 Å². The van der Waals surface area contributed by atoms with Crippen molar-refractivity contribution in [2.24, 2.45) is 17.8 Å². The predicted octanol–water partition coefficient (Wildman–Crippen LogP) is 19.9. The van der Waals surface area contributed by atoms with Gasteiger partial charge < -0.3 is 14.2 Å². The van der Waals surface area contributed by atoms with Crippen molar-refractivity contribution in [1.29, 1.82) is 0 Å². The van der Waals surface area contributed by atoms with Gasteiger partial charge in [0.25, 0.3) is 0 Å². The van der Waals surface area contributed by atoms with Crippen LogP contribution < -0.4 is 0 Å². The van der Waals surface area contributed by atoms with Gasteiger partial charge in [0.15, 0.2) is 6.10 Å². The Morgan fingerprint density at radius 2 is 0.522 bits per heavy atom. The van der Waals surface area contributed by atoms with Gasteiger partial charge in [0.05, 0.1) is 0 Å². The molecule has 0 radical (unpaired) electrons. The number of hydrogen-bond acceptors (Lipinski definition) is 6. The molecule has 0 saturated carbocycles. The van der Waals surface area contributed by atoms with E-state index < -0.39 is 6.10 Å². The van der Waals surface area contributed by atoms with Crippen molar-refractivity contribution >= 4 is 17.9 Å². The van der Waals surface area contributed by atoms with Crippen molar-refractivity contribution in [3.05, 3.63) is 0 Å². The summed E-state index contributed by atoms with van der Waals surface area (Å²) in [6, 6.07) is 0. The molecular weight excluding hydrogens is 829 g/mol. The van der Waals surface area contributed by atoms with Crippen LogP contribution in [0.1, 0.15) is 337 Å². The summed E-state index contributed by atoms with van der Waals surface area (Å²) in [6.07, 6.45) is 55.3. The van der Waals surface area contributed by atoms with Gasteiger partial charge in [0.1, 0.15) is 13.2 Å². The first-order valence-corrected chi connectivity index (χ1v) is 30.1. The molecule has 6 nitrogen and oxygen atoms in total. The number of esters is 3. The SMILES string of the molecule is CCC(C)CCCCCCCCCCCCCCCCCCCCC(=O)OC[C@H](COC(=O)CCCCCCCCCCCCCC(C)C)OC(=O)CCCCCCCCCCCCC(C)C. The molecule has 67 heavy (non-hydrogen) atoms. The highest BCUT2D eigenvalue weighted by Crippen LogP contribution is 2.19. The second-order valence-corrected chi connectivity index (χ2v) is 22.2. The Balaban J connectivity index is 4.23. The van der Waals surface area contributed by atoms with Crippen LogP contribution >= 0.6 is 0 Å². The highest BCUT2D eigenvalue weighted by molar-refractivity contribution is 5.71. The Hall–Kier alpha value is -1.59. The molecule has 0 aliphatic heterocycles. The number of carbonyl (C=O) groups is 3. The summed E-state index contributed by atoms with van der Waals surface area (Å²) in [7, 11) is 0. The van der Waals surface area contributed by atoms with Gasteiger partial charge in [-0.3, -0.25) is 14.4 Å². The molecule has 0 aliphatic rings. The van der Waals surface area contributed by atoms with E-state index in [1.807, 2.05) is 0 Å². The summed E-state index contributed by atoms with van der Waals surface area (Å²) in [5, 5.41) is 0. The number of ether oxygens (including phenoxy) is 3. The summed E-state index contributed by atoms with van der Waals surface area (Å²) >= 11 is 0. The van der Waals surface area contributed by atoms with Gasteiger partial charge >= 0.3 is 17.9 Å². The van der Waals surface area contributed by atoms with Crippen molar-refractivity contribution in [1.82, 2.24) is 0 Å². The highest BCUT2D eigenvalue weighted by atomic mass is 16.6. The fourth-order valence-electron chi connectivity index (χ4n) is 9.32. The first-order valence-electron chi connectivity index (χ1n) is 30.1. The zero-order valence-electron chi connectivity index (χ0n) is 46.2. The third kappa shape index (κ3) is 53.6. The topological polar surface area (TPSA) is 78.9 Å². The average Bonchev–Trinajstić information content (AvgIpc) is 3.30. The van der Waals surface area contributed by atoms with Gasteiger partial charge in [-0.1, -0.05) is 298 Å². The van der Waals surface area contributed by atoms with E-state index in [0.29, 0.717) is 19.3 Å². The Bertz CT molecular complexity index is 1040. The van der Waals surface area contributed by atoms with Gasteiger partial charge in [0, 0.05) is 19.3 Å². The van der Waals surface area contributed by atoms with Gasteiger partial charge in [-0.15, -0.1) is 0 Å². The zero-order chi connectivity index (χ0) is 49.1. The van der Waals surface area contributed by atoms with E-state index in [9.17, 15) is 14.4 Å². The minimum Gasteiger partial charge on any atom is -0.462 e. The lowest BCUT2D eigenvalue weighted by Gasteiger charge is -2.18. The molecule has 0 saturated heterocycles. The first-order chi connectivity index (χ1) is 32.6. The molecule has 0 fully saturated rings. The fourth-order valence-corrected chi connectivity index (χ4v) is 9.32. The monoisotopic (exact) mass is 947 g/mol. The van der Waals surface area contributed by atoms with Crippen molar-refractivity contribution in [2.45, 2.75) is 343 Å². The molecule has 0 N–H and O–H groups in total. The van der Waals surface area contributed by atoms with E-state index in [0.717, 1.165) is 75.5 Å². The van der Waals surface area contributed by atoms with Crippen LogP contribution in [0.5, 0.6) is 0 Å². The fraction of sp³-hybridized carbons (Fsp3) is 0.951. The second-order valence-electron chi connectivity index (χ2n) is 22.2. The molecular formula is C61H118O6. The lowest BCUT2D eigenvalue weighted by Crippen LogP contribution is -2.30. The molecule has 0 heterocycles. The molecule has 0 spiro atoms. The molecule has 1 unspecified atom stereocenters. The van der Waals surface area contributed by atoms with Gasteiger partial charge in [-0.2, -0.15) is 0 Å². The maximum absolute atomic E-state index is 12.8. The maximum Gasteiger partial charge on any atom is 0.306 e. The lowest BCUT2D eigenvalue weighted by atomic mass is 9.99. The molecule has 0 aromatic rings. The van der Waals surface area contributed by atoms with Crippen molar-refractivity contribution < 1.29 is 28.6 Å². The number of unbranched alkanes of at least 4 members (excludes halogenated alkanes) is 36. The van der Waals surface area contributed by atoms with Crippen LogP contribution in [0.15, 0.2) is 0 Å². The van der Waals surface area contributed by atoms with E-state index >= 15 is 0 Å². The molecule has 0 bridgehead atoms. The van der Waals surface area contributed by atoms with Crippen LogP contribution in [-0.2, 0) is 28.6 Å². The molecule has 0 rings (SSSR count).